The normalized spacial score (nSPS) is 21.6. The van der Waals surface area contributed by atoms with E-state index in [0.29, 0.717) is 23.7 Å². The zero-order chi connectivity index (χ0) is 20.8. The van der Waals surface area contributed by atoms with E-state index in [1.807, 2.05) is 18.3 Å². The number of aryl methyl sites for hydroxylation is 1. The Hall–Kier alpha value is -2.77. The first-order valence-corrected chi connectivity index (χ1v) is 10.4. The first-order chi connectivity index (χ1) is 14.5. The summed E-state index contributed by atoms with van der Waals surface area (Å²) in [6, 6.07) is 7.06. The van der Waals surface area contributed by atoms with Crippen molar-refractivity contribution in [2.45, 2.75) is 37.8 Å². The number of pyridine rings is 1. The molecule has 1 aliphatic rings. The van der Waals surface area contributed by atoms with E-state index in [2.05, 4.69) is 19.5 Å². The number of fused-ring (bicyclic) bond motifs is 2. The molecule has 1 saturated carbocycles. The first-order valence-electron chi connectivity index (χ1n) is 9.98. The lowest BCUT2D eigenvalue weighted by Gasteiger charge is -2.15. The van der Waals surface area contributed by atoms with Crippen molar-refractivity contribution in [1.29, 1.82) is 0 Å². The molecule has 3 aromatic heterocycles. The molecular formula is C22H21ClFN5O. The predicted octanol–water partition coefficient (Wildman–Crippen LogP) is 4.30. The van der Waals surface area contributed by atoms with E-state index < -0.39 is 6.10 Å². The highest BCUT2D eigenvalue weighted by Crippen LogP contribution is 2.39. The Labute approximate surface area is 177 Å². The fraction of sp³-hybridized carbons (Fsp3) is 0.318. The van der Waals surface area contributed by atoms with Crippen LogP contribution in [0.4, 0.5) is 10.2 Å². The molecule has 0 radical (unpaired) electrons. The molecule has 0 bridgehead atoms. The lowest BCUT2D eigenvalue weighted by atomic mass is 9.95. The van der Waals surface area contributed by atoms with Gasteiger partial charge in [0, 0.05) is 29.2 Å². The molecule has 8 heteroatoms. The Morgan fingerprint density at radius 3 is 3.00 bits per heavy atom. The Morgan fingerprint density at radius 1 is 1.27 bits per heavy atom. The van der Waals surface area contributed by atoms with Gasteiger partial charge in [-0.15, -0.1) is 0 Å². The highest BCUT2D eigenvalue weighted by Gasteiger charge is 2.34. The molecule has 1 aliphatic carbocycles. The van der Waals surface area contributed by atoms with Crippen LogP contribution in [0.1, 0.15) is 30.9 Å². The van der Waals surface area contributed by atoms with E-state index in [9.17, 15) is 9.50 Å². The minimum atomic E-state index is -0.396. The molecule has 154 valence electrons. The quantitative estimate of drug-likeness (QED) is 0.508. The van der Waals surface area contributed by atoms with Gasteiger partial charge in [-0.3, -0.25) is 0 Å². The van der Waals surface area contributed by atoms with Gasteiger partial charge in [0.1, 0.15) is 23.6 Å². The number of nitrogen functional groups attached to an aromatic ring is 1. The maximum absolute atomic E-state index is 14.5. The zero-order valence-corrected chi connectivity index (χ0v) is 16.9. The van der Waals surface area contributed by atoms with Crippen LogP contribution in [-0.4, -0.2) is 30.7 Å². The molecule has 3 N–H and O–H groups in total. The fourth-order valence-corrected chi connectivity index (χ4v) is 4.73. The van der Waals surface area contributed by atoms with Crippen LogP contribution in [0, 0.1) is 11.7 Å². The van der Waals surface area contributed by atoms with Gasteiger partial charge in [0.05, 0.1) is 16.6 Å². The van der Waals surface area contributed by atoms with Crippen molar-refractivity contribution in [3.05, 3.63) is 59.4 Å². The number of hydrogen-bond acceptors (Lipinski definition) is 5. The smallest absolute Gasteiger partial charge is 0.143 e. The van der Waals surface area contributed by atoms with Crippen LogP contribution >= 0.6 is 11.6 Å². The molecule has 0 spiro atoms. The number of halogens is 2. The van der Waals surface area contributed by atoms with E-state index in [-0.39, 0.29) is 28.6 Å². The van der Waals surface area contributed by atoms with Gasteiger partial charge in [-0.05, 0) is 61.4 Å². The zero-order valence-electron chi connectivity index (χ0n) is 16.2. The van der Waals surface area contributed by atoms with Gasteiger partial charge in [-0.2, -0.15) is 0 Å². The van der Waals surface area contributed by atoms with Crippen LogP contribution in [0.3, 0.4) is 0 Å². The first kappa shape index (κ1) is 19.2. The second-order valence-electron chi connectivity index (χ2n) is 8.02. The number of rotatable bonds is 4. The summed E-state index contributed by atoms with van der Waals surface area (Å²) in [6.45, 7) is 0. The molecule has 0 saturated heterocycles. The lowest BCUT2D eigenvalue weighted by molar-refractivity contribution is 0.127. The van der Waals surface area contributed by atoms with Crippen molar-refractivity contribution < 1.29 is 9.50 Å². The number of nitrogens with two attached hydrogens (primary N) is 1. The van der Waals surface area contributed by atoms with Crippen molar-refractivity contribution in [3.8, 4) is 0 Å². The molecule has 1 unspecified atom stereocenters. The van der Waals surface area contributed by atoms with Gasteiger partial charge < -0.3 is 15.4 Å². The Kier molecular flexibility index (Phi) is 4.79. The van der Waals surface area contributed by atoms with Crippen molar-refractivity contribution >= 4 is 39.4 Å². The molecule has 1 fully saturated rings. The third-order valence-electron chi connectivity index (χ3n) is 6.13. The summed E-state index contributed by atoms with van der Waals surface area (Å²) < 4.78 is 16.7. The summed E-state index contributed by atoms with van der Waals surface area (Å²) in [5, 5.41) is 12.2. The van der Waals surface area contributed by atoms with Crippen molar-refractivity contribution in [2.24, 2.45) is 5.92 Å². The van der Waals surface area contributed by atoms with Gasteiger partial charge in [-0.1, -0.05) is 11.6 Å². The average Bonchev–Trinajstić information content (AvgIpc) is 3.31. The number of nitrogens with zero attached hydrogens (tertiary/aromatic N) is 4. The van der Waals surface area contributed by atoms with E-state index >= 15 is 0 Å². The topological polar surface area (TPSA) is 89.9 Å². The summed E-state index contributed by atoms with van der Waals surface area (Å²) in [7, 11) is 0. The van der Waals surface area contributed by atoms with Crippen LogP contribution in [0.5, 0.6) is 0 Å². The largest absolute Gasteiger partial charge is 0.393 e. The highest BCUT2D eigenvalue weighted by molar-refractivity contribution is 6.33. The van der Waals surface area contributed by atoms with E-state index in [4.69, 9.17) is 17.3 Å². The highest BCUT2D eigenvalue weighted by atomic mass is 35.5. The summed E-state index contributed by atoms with van der Waals surface area (Å²) >= 11 is 5.96. The van der Waals surface area contributed by atoms with Crippen LogP contribution in [0.15, 0.2) is 43.0 Å². The third kappa shape index (κ3) is 3.38. The summed E-state index contributed by atoms with van der Waals surface area (Å²) in [5.41, 5.74) is 7.99. The van der Waals surface area contributed by atoms with Gasteiger partial charge in [0.25, 0.3) is 0 Å². The monoisotopic (exact) mass is 425 g/mol. The molecule has 1 aromatic carbocycles. The minimum Gasteiger partial charge on any atom is -0.393 e. The second kappa shape index (κ2) is 7.49. The van der Waals surface area contributed by atoms with E-state index in [0.717, 1.165) is 29.4 Å². The maximum atomic E-state index is 14.5. The van der Waals surface area contributed by atoms with E-state index in [1.54, 1.807) is 12.5 Å². The number of benzene rings is 1. The van der Waals surface area contributed by atoms with Gasteiger partial charge in [-0.25, -0.2) is 19.3 Å². The Bertz CT molecular complexity index is 1240. The van der Waals surface area contributed by atoms with Gasteiger partial charge >= 0.3 is 0 Å². The predicted molar refractivity (Wildman–Crippen MR) is 115 cm³/mol. The van der Waals surface area contributed by atoms with Crippen molar-refractivity contribution in [1.82, 2.24) is 19.5 Å². The molecule has 3 atom stereocenters. The number of aliphatic hydroxyl groups excluding tert-OH is 1. The lowest BCUT2D eigenvalue weighted by Crippen LogP contribution is -2.13. The van der Waals surface area contributed by atoms with Gasteiger partial charge in [0.2, 0.25) is 0 Å². The molecule has 5 rings (SSSR count). The van der Waals surface area contributed by atoms with Crippen LogP contribution in [0.25, 0.3) is 21.9 Å². The fourth-order valence-electron chi connectivity index (χ4n) is 4.58. The van der Waals surface area contributed by atoms with Gasteiger partial charge in [0.15, 0.2) is 0 Å². The summed E-state index contributed by atoms with van der Waals surface area (Å²) in [4.78, 5) is 12.7. The minimum absolute atomic E-state index is 0.135. The number of anilines is 1. The van der Waals surface area contributed by atoms with Crippen LogP contribution in [0.2, 0.25) is 5.02 Å². The molecular weight excluding hydrogens is 405 g/mol. The SMILES string of the molecule is Nc1nc2cc(CC[C@H]3CC(n4ccc5cncnc54)C[C@@H]3O)cc(F)c2cc1Cl. The maximum Gasteiger partial charge on any atom is 0.143 e. The molecule has 4 aromatic rings. The standard InChI is InChI=1S/C22H21ClFN5O/c23-17-9-16-18(24)5-12(6-19(16)28-21(17)25)1-2-13-7-15(8-20(13)30)29-4-3-14-10-26-11-27-22(14)29/h3-6,9-11,13,15,20,30H,1-2,7-8H2,(H2,25,28)/t13-,15?,20-/m0/s1. The van der Waals surface area contributed by atoms with Crippen molar-refractivity contribution in [3.63, 3.8) is 0 Å². The molecule has 30 heavy (non-hydrogen) atoms. The number of hydrogen-bond donors (Lipinski definition) is 2. The molecule has 0 aliphatic heterocycles. The van der Waals surface area contributed by atoms with Crippen LogP contribution < -0.4 is 5.73 Å². The summed E-state index contributed by atoms with van der Waals surface area (Å²) in [5.74, 6) is -0.0333. The second-order valence-corrected chi connectivity index (χ2v) is 8.42. The molecule has 0 amide bonds. The van der Waals surface area contributed by atoms with Crippen LogP contribution in [-0.2, 0) is 6.42 Å². The summed E-state index contributed by atoms with van der Waals surface area (Å²) in [6.07, 6.45) is 7.91. The van der Waals surface area contributed by atoms with Crippen molar-refractivity contribution in [2.75, 3.05) is 5.73 Å². The Morgan fingerprint density at radius 2 is 2.13 bits per heavy atom. The molecule has 3 heterocycles. The third-order valence-corrected chi connectivity index (χ3v) is 6.43. The van der Waals surface area contributed by atoms with E-state index in [1.165, 1.54) is 12.1 Å². The molecule has 6 nitrogen and oxygen atoms in total. The number of aromatic nitrogens is 4. The average molecular weight is 426 g/mol. The Balaban J connectivity index is 1.32. The number of aliphatic hydroxyl groups is 1.